The molecular formula is C29H54O7. The molecule has 0 saturated heterocycles. The Labute approximate surface area is 219 Å². The summed E-state index contributed by atoms with van der Waals surface area (Å²) in [5.74, 6) is -2.87. The summed E-state index contributed by atoms with van der Waals surface area (Å²) in [6.07, 6.45) is 10.4. The second-order valence-corrected chi connectivity index (χ2v) is 11.3. The maximum Gasteiger partial charge on any atom is 0.337 e. The molecule has 0 aromatic heterocycles. The van der Waals surface area contributed by atoms with Crippen LogP contribution in [0.25, 0.3) is 0 Å². The molecule has 2 atom stereocenters. The molecule has 0 spiro atoms. The molecule has 212 valence electrons. The number of hydrogen-bond acceptors (Lipinski definition) is 4. The molecule has 0 rings (SSSR count). The molecule has 7 heteroatoms. The molecule has 2 unspecified atom stereocenters. The fourth-order valence-corrected chi connectivity index (χ4v) is 5.09. The van der Waals surface area contributed by atoms with E-state index in [-0.39, 0.29) is 19.4 Å². The van der Waals surface area contributed by atoms with Gasteiger partial charge in [-0.2, -0.15) is 0 Å². The first-order valence-corrected chi connectivity index (χ1v) is 14.3. The number of rotatable bonds is 24. The van der Waals surface area contributed by atoms with Crippen molar-refractivity contribution in [2.75, 3.05) is 6.61 Å². The van der Waals surface area contributed by atoms with Crippen molar-refractivity contribution >= 4 is 17.9 Å². The van der Waals surface area contributed by atoms with Crippen LogP contribution in [0.15, 0.2) is 0 Å². The number of carboxylic acids is 3. The molecule has 3 N–H and O–H groups in total. The van der Waals surface area contributed by atoms with Gasteiger partial charge in [0.2, 0.25) is 0 Å². The van der Waals surface area contributed by atoms with Gasteiger partial charge in [-0.15, -0.1) is 0 Å². The minimum atomic E-state index is -2.30. The van der Waals surface area contributed by atoms with E-state index in [2.05, 4.69) is 27.7 Å². The van der Waals surface area contributed by atoms with Crippen LogP contribution in [0, 0.1) is 17.3 Å². The van der Waals surface area contributed by atoms with Crippen LogP contribution in [-0.2, 0) is 19.1 Å². The minimum absolute atomic E-state index is 0.0401. The first kappa shape index (κ1) is 34.4. The number of aliphatic carboxylic acids is 3. The van der Waals surface area contributed by atoms with Gasteiger partial charge in [-0.05, 0) is 31.1 Å². The van der Waals surface area contributed by atoms with Crippen molar-refractivity contribution in [2.45, 2.75) is 143 Å². The van der Waals surface area contributed by atoms with Crippen LogP contribution in [-0.4, -0.2) is 45.4 Å². The lowest BCUT2D eigenvalue weighted by Gasteiger charge is -2.44. The summed E-state index contributed by atoms with van der Waals surface area (Å²) in [6.45, 7) is 10.7. The highest BCUT2D eigenvalue weighted by Gasteiger charge is 2.63. The Morgan fingerprint density at radius 1 is 0.667 bits per heavy atom. The fraction of sp³-hybridized carbons (Fsp3) is 0.897. The van der Waals surface area contributed by atoms with Gasteiger partial charge in [-0.3, -0.25) is 9.59 Å². The Morgan fingerprint density at radius 3 is 1.56 bits per heavy atom. The second kappa shape index (κ2) is 18.6. The first-order chi connectivity index (χ1) is 16.9. The van der Waals surface area contributed by atoms with Crippen molar-refractivity contribution in [3.8, 4) is 0 Å². The van der Waals surface area contributed by atoms with E-state index in [9.17, 15) is 29.7 Å². The molecule has 0 radical (unpaired) electrons. The van der Waals surface area contributed by atoms with Crippen molar-refractivity contribution in [2.24, 2.45) is 17.3 Å². The lowest BCUT2D eigenvalue weighted by molar-refractivity contribution is -0.208. The number of ether oxygens (including phenoxy) is 1. The molecule has 0 aromatic carbocycles. The van der Waals surface area contributed by atoms with Crippen molar-refractivity contribution in [3.05, 3.63) is 0 Å². The predicted octanol–water partition coefficient (Wildman–Crippen LogP) is 7.56. The smallest absolute Gasteiger partial charge is 0.337 e. The van der Waals surface area contributed by atoms with Gasteiger partial charge in [0.05, 0.1) is 6.42 Å². The molecule has 36 heavy (non-hydrogen) atoms. The summed E-state index contributed by atoms with van der Waals surface area (Å²) >= 11 is 0. The zero-order valence-corrected chi connectivity index (χ0v) is 23.7. The maximum atomic E-state index is 12.9. The first-order valence-electron chi connectivity index (χ1n) is 14.3. The largest absolute Gasteiger partial charge is 0.481 e. The van der Waals surface area contributed by atoms with Gasteiger partial charge in [-0.1, -0.05) is 112 Å². The van der Waals surface area contributed by atoms with E-state index < -0.39 is 35.3 Å². The van der Waals surface area contributed by atoms with Crippen LogP contribution in [0.2, 0.25) is 0 Å². The van der Waals surface area contributed by atoms with Crippen LogP contribution in [0.1, 0.15) is 137 Å². The quantitative estimate of drug-likeness (QED) is 0.114. The van der Waals surface area contributed by atoms with Gasteiger partial charge in [0.25, 0.3) is 0 Å². The Kier molecular flexibility index (Phi) is 17.7. The second-order valence-electron chi connectivity index (χ2n) is 11.3. The molecule has 0 bridgehead atoms. The van der Waals surface area contributed by atoms with Crippen LogP contribution in [0.4, 0.5) is 0 Å². The predicted molar refractivity (Wildman–Crippen MR) is 143 cm³/mol. The standard InChI is InChI=1S/C29H54O7/c1-6-7-14-19-28(26(32)33,20-15-10-8-12-17-23(2)3)29(27(34)35,22-25(30)31)36-21-16-11-9-13-18-24(4)5/h23-24H,6-22H2,1-5H3,(H,30,31)(H,32,33)(H,34,35). The number of unbranched alkanes of at least 4 members (excludes halogenated alkanes) is 8. The van der Waals surface area contributed by atoms with Crippen molar-refractivity contribution < 1.29 is 34.4 Å². The third-order valence-corrected chi connectivity index (χ3v) is 7.29. The average molecular weight is 515 g/mol. The molecule has 0 aliphatic carbocycles. The van der Waals surface area contributed by atoms with E-state index in [0.29, 0.717) is 31.1 Å². The lowest BCUT2D eigenvalue weighted by Crippen LogP contribution is -2.61. The van der Waals surface area contributed by atoms with Gasteiger partial charge < -0.3 is 20.1 Å². The molecule has 0 aliphatic rings. The zero-order chi connectivity index (χ0) is 27.6. The summed E-state index contributed by atoms with van der Waals surface area (Å²) in [5.41, 5.74) is -4.09. The molecule has 0 amide bonds. The molecule has 0 aliphatic heterocycles. The average Bonchev–Trinajstić information content (AvgIpc) is 2.77. The third-order valence-electron chi connectivity index (χ3n) is 7.29. The fourth-order valence-electron chi connectivity index (χ4n) is 5.09. The van der Waals surface area contributed by atoms with Crippen LogP contribution < -0.4 is 0 Å². The third kappa shape index (κ3) is 12.1. The van der Waals surface area contributed by atoms with Crippen molar-refractivity contribution in [3.63, 3.8) is 0 Å². The Hall–Kier alpha value is -1.63. The van der Waals surface area contributed by atoms with E-state index in [1.54, 1.807) is 0 Å². The molecule has 0 aromatic rings. The minimum Gasteiger partial charge on any atom is -0.481 e. The molecule has 0 fully saturated rings. The van der Waals surface area contributed by atoms with Crippen LogP contribution >= 0.6 is 0 Å². The van der Waals surface area contributed by atoms with E-state index >= 15 is 0 Å². The normalized spacial score (nSPS) is 15.1. The van der Waals surface area contributed by atoms with Gasteiger partial charge in [0, 0.05) is 6.61 Å². The number of hydrogen-bond donors (Lipinski definition) is 3. The van der Waals surface area contributed by atoms with Gasteiger partial charge in [-0.25, -0.2) is 4.79 Å². The lowest BCUT2D eigenvalue weighted by atomic mass is 9.63. The summed E-state index contributed by atoms with van der Waals surface area (Å²) in [7, 11) is 0. The highest BCUT2D eigenvalue weighted by atomic mass is 16.5. The topological polar surface area (TPSA) is 121 Å². The van der Waals surface area contributed by atoms with E-state index in [1.165, 1.54) is 0 Å². The SMILES string of the molecule is CCCCCC(CCCCCCC(C)C)(C(=O)O)C(CC(=O)O)(OCCCCCCC(C)C)C(=O)O. The maximum absolute atomic E-state index is 12.9. The van der Waals surface area contributed by atoms with E-state index in [0.717, 1.165) is 64.2 Å². The Balaban J connectivity index is 5.79. The summed E-state index contributed by atoms with van der Waals surface area (Å²) in [6, 6.07) is 0. The number of carbonyl (C=O) groups is 3. The monoisotopic (exact) mass is 514 g/mol. The zero-order valence-electron chi connectivity index (χ0n) is 23.7. The van der Waals surface area contributed by atoms with Gasteiger partial charge >= 0.3 is 17.9 Å². The van der Waals surface area contributed by atoms with Gasteiger partial charge in [0.1, 0.15) is 5.41 Å². The summed E-state index contributed by atoms with van der Waals surface area (Å²) < 4.78 is 5.94. The van der Waals surface area contributed by atoms with Crippen molar-refractivity contribution in [1.82, 2.24) is 0 Å². The highest BCUT2D eigenvalue weighted by molar-refractivity contribution is 5.92. The van der Waals surface area contributed by atoms with Crippen molar-refractivity contribution in [1.29, 1.82) is 0 Å². The summed E-state index contributed by atoms with van der Waals surface area (Å²) in [5, 5.41) is 30.5. The number of carboxylic acid groups (broad SMARTS) is 3. The Morgan fingerprint density at radius 2 is 1.14 bits per heavy atom. The van der Waals surface area contributed by atoms with Gasteiger partial charge in [0.15, 0.2) is 5.60 Å². The molecule has 7 nitrogen and oxygen atoms in total. The van der Waals surface area contributed by atoms with Crippen LogP contribution in [0.5, 0.6) is 0 Å². The Bertz CT molecular complexity index is 631. The summed E-state index contributed by atoms with van der Waals surface area (Å²) in [4.78, 5) is 37.5. The molecule has 0 saturated carbocycles. The van der Waals surface area contributed by atoms with E-state index in [1.807, 2.05) is 6.92 Å². The van der Waals surface area contributed by atoms with E-state index in [4.69, 9.17) is 4.74 Å². The molecule has 0 heterocycles. The molecular weight excluding hydrogens is 460 g/mol. The highest BCUT2D eigenvalue weighted by Crippen LogP contribution is 2.47. The van der Waals surface area contributed by atoms with Crippen LogP contribution in [0.3, 0.4) is 0 Å².